The number of carbonyl (C=O) groups excluding carboxylic acids is 2. The molecule has 7 heteroatoms. The highest BCUT2D eigenvalue weighted by Crippen LogP contribution is 2.31. The molecule has 1 heterocycles. The second-order valence-electron chi connectivity index (χ2n) is 7.53. The summed E-state index contributed by atoms with van der Waals surface area (Å²) in [6, 6.07) is 3.30. The van der Waals surface area contributed by atoms with Crippen molar-refractivity contribution < 1.29 is 29.6 Å². The smallest absolute Gasteiger partial charge is 0.342 e. The van der Waals surface area contributed by atoms with Crippen LogP contribution in [0.1, 0.15) is 42.6 Å². The first-order valence-corrected chi connectivity index (χ1v) is 9.44. The average Bonchev–Trinajstić information content (AvgIpc) is 2.63. The summed E-state index contributed by atoms with van der Waals surface area (Å²) < 4.78 is 5.51. The first-order valence-electron chi connectivity index (χ1n) is 9.44. The molecule has 1 aliphatic rings. The predicted octanol–water partition coefficient (Wildman–Crippen LogP) is 1.82. The molecule has 1 aliphatic heterocycles. The van der Waals surface area contributed by atoms with Crippen LogP contribution in [0, 0.1) is 5.92 Å². The summed E-state index contributed by atoms with van der Waals surface area (Å²) in [7, 11) is 3.65. The molecule has 1 aromatic carbocycles. The lowest BCUT2D eigenvalue weighted by Crippen LogP contribution is -2.33. The average molecular weight is 391 g/mol. The van der Waals surface area contributed by atoms with Gasteiger partial charge >= 0.3 is 5.97 Å². The van der Waals surface area contributed by atoms with Gasteiger partial charge < -0.3 is 25.0 Å². The number of aliphatic hydroxyl groups is 2. The number of benzene rings is 1. The van der Waals surface area contributed by atoms with Crippen LogP contribution in [0.15, 0.2) is 24.3 Å². The van der Waals surface area contributed by atoms with Gasteiger partial charge in [0.05, 0.1) is 6.10 Å². The molecule has 1 aromatic rings. The van der Waals surface area contributed by atoms with E-state index in [0.29, 0.717) is 18.4 Å². The number of hydrogen-bond acceptors (Lipinski definition) is 7. The van der Waals surface area contributed by atoms with Gasteiger partial charge in [0, 0.05) is 31.8 Å². The molecule has 0 radical (unpaired) electrons. The van der Waals surface area contributed by atoms with Crippen LogP contribution in [0.25, 0.3) is 0 Å². The number of aliphatic hydroxyl groups excluding tert-OH is 2. The van der Waals surface area contributed by atoms with Crippen LogP contribution in [-0.4, -0.2) is 59.5 Å². The first-order chi connectivity index (χ1) is 13.1. The molecular formula is C21H29NO6. The fraction of sp³-hybridized carbons (Fsp3) is 0.524. The van der Waals surface area contributed by atoms with E-state index in [0.717, 1.165) is 5.69 Å². The van der Waals surface area contributed by atoms with Crippen LogP contribution < -0.4 is 4.90 Å². The molecule has 0 saturated carbocycles. The fourth-order valence-corrected chi connectivity index (χ4v) is 3.05. The molecule has 154 valence electrons. The van der Waals surface area contributed by atoms with Crippen LogP contribution in [0.3, 0.4) is 0 Å². The minimum atomic E-state index is -1.50. The van der Waals surface area contributed by atoms with Crippen molar-refractivity contribution in [3.05, 3.63) is 35.4 Å². The SMILES string of the molecule is C[C@@H]1/C=C\C(=O)[C@@H](O)[C@@H](O)CCCc2cc(N(C)C)cc(O)c2C(=O)O[C@H]1C. The molecule has 0 fully saturated rings. The van der Waals surface area contributed by atoms with E-state index in [1.807, 2.05) is 19.0 Å². The molecule has 0 spiro atoms. The van der Waals surface area contributed by atoms with E-state index in [4.69, 9.17) is 4.74 Å². The van der Waals surface area contributed by atoms with Gasteiger partial charge in [-0.1, -0.05) is 13.0 Å². The number of esters is 1. The monoisotopic (exact) mass is 391 g/mol. The maximum absolute atomic E-state index is 12.7. The lowest BCUT2D eigenvalue weighted by atomic mass is 9.95. The molecule has 0 saturated heterocycles. The lowest BCUT2D eigenvalue weighted by Gasteiger charge is -2.22. The third-order valence-corrected chi connectivity index (χ3v) is 5.10. The van der Waals surface area contributed by atoms with Gasteiger partial charge in [-0.3, -0.25) is 4.79 Å². The number of phenols is 1. The fourth-order valence-electron chi connectivity index (χ4n) is 3.05. The van der Waals surface area contributed by atoms with E-state index >= 15 is 0 Å². The van der Waals surface area contributed by atoms with Gasteiger partial charge in [-0.2, -0.15) is 0 Å². The van der Waals surface area contributed by atoms with Gasteiger partial charge in [0.2, 0.25) is 0 Å². The summed E-state index contributed by atoms with van der Waals surface area (Å²) in [5.41, 5.74) is 1.43. The Hall–Kier alpha value is -2.38. The van der Waals surface area contributed by atoms with Crippen molar-refractivity contribution in [2.24, 2.45) is 5.92 Å². The Balaban J connectivity index is 2.44. The highest BCUT2D eigenvalue weighted by atomic mass is 16.5. The van der Waals surface area contributed by atoms with Crippen molar-refractivity contribution in [3.63, 3.8) is 0 Å². The van der Waals surface area contributed by atoms with E-state index in [1.165, 1.54) is 18.2 Å². The summed E-state index contributed by atoms with van der Waals surface area (Å²) >= 11 is 0. The quantitative estimate of drug-likeness (QED) is 0.627. The summed E-state index contributed by atoms with van der Waals surface area (Å²) in [6.07, 6.45) is 0.464. The van der Waals surface area contributed by atoms with Crippen molar-refractivity contribution >= 4 is 17.4 Å². The molecule has 0 aromatic heterocycles. The highest BCUT2D eigenvalue weighted by Gasteiger charge is 2.26. The Morgan fingerprint density at radius 3 is 2.46 bits per heavy atom. The summed E-state index contributed by atoms with van der Waals surface area (Å²) in [4.78, 5) is 26.6. The Bertz CT molecular complexity index is 758. The number of ether oxygens (including phenoxy) is 1. The number of carbonyl (C=O) groups is 2. The summed E-state index contributed by atoms with van der Waals surface area (Å²) in [5.74, 6) is -1.67. The maximum atomic E-state index is 12.7. The number of nitrogens with zero attached hydrogens (tertiary/aromatic N) is 1. The van der Waals surface area contributed by atoms with Gasteiger partial charge in [-0.15, -0.1) is 0 Å². The van der Waals surface area contributed by atoms with Crippen molar-refractivity contribution in [2.45, 2.75) is 51.4 Å². The molecular weight excluding hydrogens is 362 g/mol. The maximum Gasteiger partial charge on any atom is 0.342 e. The number of rotatable bonds is 1. The summed E-state index contributed by atoms with van der Waals surface area (Å²) in [5, 5.41) is 30.6. The molecule has 28 heavy (non-hydrogen) atoms. The van der Waals surface area contributed by atoms with Gasteiger partial charge in [0.15, 0.2) is 5.78 Å². The number of aromatic hydroxyl groups is 1. The number of hydrogen-bond donors (Lipinski definition) is 3. The number of anilines is 1. The standard InChI is InChI=1S/C21H29NO6/c1-12-8-9-17(24)20(26)16(23)7-5-6-14-10-15(22(3)4)11-18(25)19(14)21(27)28-13(12)2/h8-13,16,20,23,25-26H,5-7H2,1-4H3/b9-8-/t12-,13+,16+,20+/m1/s1. The molecule has 0 amide bonds. The van der Waals surface area contributed by atoms with Crippen molar-refractivity contribution in [1.29, 1.82) is 0 Å². The number of aryl methyl sites for hydroxylation is 1. The topological polar surface area (TPSA) is 107 Å². The minimum Gasteiger partial charge on any atom is -0.507 e. The molecule has 2 rings (SSSR count). The Labute approximate surface area is 165 Å². The Morgan fingerprint density at radius 1 is 1.14 bits per heavy atom. The van der Waals surface area contributed by atoms with Crippen LogP contribution in [0.4, 0.5) is 5.69 Å². The molecule has 0 unspecified atom stereocenters. The van der Waals surface area contributed by atoms with Gasteiger partial charge in [-0.05, 0) is 43.9 Å². The summed E-state index contributed by atoms with van der Waals surface area (Å²) in [6.45, 7) is 3.46. The third kappa shape index (κ3) is 5.11. The Kier molecular flexibility index (Phi) is 7.21. The molecule has 0 bridgehead atoms. The predicted molar refractivity (Wildman–Crippen MR) is 106 cm³/mol. The van der Waals surface area contributed by atoms with Crippen LogP contribution in [-0.2, 0) is 16.0 Å². The number of cyclic esters (lactones) is 1. The number of phenolic OH excluding ortho intramolecular Hbond substituents is 1. The second-order valence-corrected chi connectivity index (χ2v) is 7.53. The van der Waals surface area contributed by atoms with Crippen LogP contribution in [0.5, 0.6) is 5.75 Å². The molecule has 0 aliphatic carbocycles. The molecule has 3 N–H and O–H groups in total. The van der Waals surface area contributed by atoms with Crippen molar-refractivity contribution in [3.8, 4) is 5.75 Å². The number of ketones is 1. The normalized spacial score (nSPS) is 28.1. The minimum absolute atomic E-state index is 0.108. The Morgan fingerprint density at radius 2 is 1.82 bits per heavy atom. The van der Waals surface area contributed by atoms with E-state index in [1.54, 1.807) is 19.9 Å². The zero-order valence-electron chi connectivity index (χ0n) is 16.8. The van der Waals surface area contributed by atoms with E-state index in [-0.39, 0.29) is 23.7 Å². The molecule has 7 nitrogen and oxygen atoms in total. The third-order valence-electron chi connectivity index (χ3n) is 5.10. The van der Waals surface area contributed by atoms with Crippen LogP contribution in [0.2, 0.25) is 0 Å². The van der Waals surface area contributed by atoms with E-state index in [2.05, 4.69) is 0 Å². The van der Waals surface area contributed by atoms with Gasteiger partial charge in [0.25, 0.3) is 0 Å². The van der Waals surface area contributed by atoms with E-state index < -0.39 is 30.1 Å². The lowest BCUT2D eigenvalue weighted by molar-refractivity contribution is -0.128. The zero-order valence-corrected chi connectivity index (χ0v) is 16.8. The van der Waals surface area contributed by atoms with Crippen molar-refractivity contribution in [1.82, 2.24) is 0 Å². The number of fused-ring (bicyclic) bond motifs is 1. The largest absolute Gasteiger partial charge is 0.507 e. The highest BCUT2D eigenvalue weighted by molar-refractivity contribution is 5.95. The second kappa shape index (κ2) is 9.21. The van der Waals surface area contributed by atoms with Gasteiger partial charge in [0.1, 0.15) is 23.5 Å². The molecule has 4 atom stereocenters. The van der Waals surface area contributed by atoms with Crippen LogP contribution >= 0.6 is 0 Å². The zero-order chi connectivity index (χ0) is 21.0. The van der Waals surface area contributed by atoms with Crippen molar-refractivity contribution in [2.75, 3.05) is 19.0 Å². The van der Waals surface area contributed by atoms with E-state index in [9.17, 15) is 24.9 Å². The van der Waals surface area contributed by atoms with Gasteiger partial charge in [-0.25, -0.2) is 4.79 Å². The first kappa shape index (κ1) is 21.9.